The molecule has 1 atom stereocenters. The highest BCUT2D eigenvalue weighted by molar-refractivity contribution is 5.97. The SMILES string of the molecule is CCC1=C[NH+](CCc2c(C(=O)[O-])n(C)c3ccccc23)CC=C1. The summed E-state index contributed by atoms with van der Waals surface area (Å²) in [5.74, 6) is -1.10. The number of aromatic carboxylic acids is 1. The number of para-hydroxylation sites is 1. The van der Waals surface area contributed by atoms with Crippen molar-refractivity contribution >= 4 is 16.9 Å². The molecule has 0 radical (unpaired) electrons. The number of benzene rings is 1. The summed E-state index contributed by atoms with van der Waals surface area (Å²) in [6, 6.07) is 7.84. The first-order valence-electron chi connectivity index (χ1n) is 8.11. The summed E-state index contributed by atoms with van der Waals surface area (Å²) in [4.78, 5) is 13.0. The van der Waals surface area contributed by atoms with E-state index in [0.717, 1.165) is 42.4 Å². The van der Waals surface area contributed by atoms with E-state index < -0.39 is 5.97 Å². The number of aromatic nitrogens is 1. The Morgan fingerprint density at radius 1 is 1.35 bits per heavy atom. The highest BCUT2D eigenvalue weighted by atomic mass is 16.4. The molecule has 2 aromatic rings. The van der Waals surface area contributed by atoms with Crippen molar-refractivity contribution in [1.82, 2.24) is 4.57 Å². The van der Waals surface area contributed by atoms with Crippen LogP contribution in [0, 0.1) is 0 Å². The Morgan fingerprint density at radius 2 is 2.13 bits per heavy atom. The smallest absolute Gasteiger partial charge is 0.100 e. The number of nitrogens with one attached hydrogen (secondary N) is 1. The maximum atomic E-state index is 11.6. The largest absolute Gasteiger partial charge is 0.543 e. The van der Waals surface area contributed by atoms with Crippen LogP contribution in [0.15, 0.2) is 48.2 Å². The summed E-state index contributed by atoms with van der Waals surface area (Å²) in [7, 11) is 1.79. The first-order valence-corrected chi connectivity index (χ1v) is 8.11. The van der Waals surface area contributed by atoms with Crippen LogP contribution in [-0.2, 0) is 13.5 Å². The summed E-state index contributed by atoms with van der Waals surface area (Å²) in [6.07, 6.45) is 8.37. The number of aryl methyl sites for hydroxylation is 1. The van der Waals surface area contributed by atoms with E-state index in [0.29, 0.717) is 5.69 Å². The van der Waals surface area contributed by atoms with Crippen molar-refractivity contribution in [1.29, 1.82) is 0 Å². The van der Waals surface area contributed by atoms with Crippen LogP contribution in [0.1, 0.15) is 29.4 Å². The van der Waals surface area contributed by atoms with Crippen molar-refractivity contribution in [2.45, 2.75) is 19.8 Å². The van der Waals surface area contributed by atoms with Gasteiger partial charge in [0.25, 0.3) is 0 Å². The topological polar surface area (TPSA) is 49.5 Å². The second kappa shape index (κ2) is 6.42. The fourth-order valence-electron chi connectivity index (χ4n) is 3.40. The number of fused-ring (bicyclic) bond motifs is 1. The summed E-state index contributed by atoms with van der Waals surface area (Å²) >= 11 is 0. The van der Waals surface area contributed by atoms with Gasteiger partial charge in [-0.2, -0.15) is 0 Å². The van der Waals surface area contributed by atoms with Gasteiger partial charge in [-0.15, -0.1) is 0 Å². The molecule has 0 fully saturated rings. The summed E-state index contributed by atoms with van der Waals surface area (Å²) < 4.78 is 1.73. The molecule has 1 aliphatic rings. The van der Waals surface area contributed by atoms with Gasteiger partial charge in [0, 0.05) is 29.9 Å². The number of allylic oxidation sites excluding steroid dienone is 2. The number of hydrogen-bond acceptors (Lipinski definition) is 2. The van der Waals surface area contributed by atoms with Crippen molar-refractivity contribution in [3.05, 3.63) is 59.4 Å². The second-order valence-electron chi connectivity index (χ2n) is 6.03. The molecule has 0 saturated carbocycles. The van der Waals surface area contributed by atoms with Crippen LogP contribution in [0.2, 0.25) is 0 Å². The third kappa shape index (κ3) is 2.94. The second-order valence-corrected chi connectivity index (χ2v) is 6.03. The first-order chi connectivity index (χ1) is 11.1. The summed E-state index contributed by atoms with van der Waals surface area (Å²) in [5.41, 5.74) is 3.47. The predicted octanol–water partition coefficient (Wildman–Crippen LogP) is 0.833. The van der Waals surface area contributed by atoms with Crippen LogP contribution in [-0.4, -0.2) is 23.6 Å². The molecule has 1 aliphatic heterocycles. The van der Waals surface area contributed by atoms with Crippen LogP contribution >= 0.6 is 0 Å². The number of quaternary nitrogens is 1. The molecule has 0 spiro atoms. The first kappa shape index (κ1) is 15.6. The van der Waals surface area contributed by atoms with Gasteiger partial charge < -0.3 is 19.4 Å². The molecule has 0 bridgehead atoms. The molecule has 1 aromatic carbocycles. The zero-order valence-corrected chi connectivity index (χ0v) is 13.6. The molecule has 1 N–H and O–H groups in total. The molecule has 4 nitrogen and oxygen atoms in total. The Hall–Kier alpha value is -2.33. The van der Waals surface area contributed by atoms with Gasteiger partial charge in [0.2, 0.25) is 0 Å². The maximum absolute atomic E-state index is 11.6. The van der Waals surface area contributed by atoms with Crippen LogP contribution in [0.5, 0.6) is 0 Å². The van der Waals surface area contributed by atoms with Gasteiger partial charge in [-0.25, -0.2) is 0 Å². The lowest BCUT2D eigenvalue weighted by Gasteiger charge is -2.18. The molecule has 3 rings (SSSR count). The number of carbonyl (C=O) groups excluding carboxylic acids is 1. The van der Waals surface area contributed by atoms with Gasteiger partial charge in [-0.05, 0) is 24.1 Å². The van der Waals surface area contributed by atoms with E-state index in [1.165, 1.54) is 10.5 Å². The fourth-order valence-corrected chi connectivity index (χ4v) is 3.40. The Bertz CT molecular complexity index is 799. The Morgan fingerprint density at radius 3 is 2.87 bits per heavy atom. The van der Waals surface area contributed by atoms with Gasteiger partial charge in [-0.3, -0.25) is 0 Å². The average Bonchev–Trinajstić information content (AvgIpc) is 2.86. The number of nitrogens with zero attached hydrogens (tertiary/aromatic N) is 1. The molecule has 120 valence electrons. The van der Waals surface area contributed by atoms with E-state index in [-0.39, 0.29) is 0 Å². The normalized spacial score (nSPS) is 17.5. The van der Waals surface area contributed by atoms with Crippen molar-refractivity contribution in [3.63, 3.8) is 0 Å². The number of hydrogen-bond donors (Lipinski definition) is 1. The van der Waals surface area contributed by atoms with Gasteiger partial charge in [0.15, 0.2) is 0 Å². The lowest BCUT2D eigenvalue weighted by atomic mass is 10.1. The van der Waals surface area contributed by atoms with Gasteiger partial charge in [0.05, 0.1) is 24.4 Å². The molecule has 1 aromatic heterocycles. The quantitative estimate of drug-likeness (QED) is 0.889. The monoisotopic (exact) mass is 310 g/mol. The zero-order valence-electron chi connectivity index (χ0n) is 13.6. The maximum Gasteiger partial charge on any atom is 0.100 e. The number of carbonyl (C=O) groups is 1. The van der Waals surface area contributed by atoms with E-state index >= 15 is 0 Å². The molecule has 0 saturated heterocycles. The highest BCUT2D eigenvalue weighted by Gasteiger charge is 2.18. The van der Waals surface area contributed by atoms with E-state index in [4.69, 9.17) is 0 Å². The van der Waals surface area contributed by atoms with E-state index in [1.54, 1.807) is 11.6 Å². The fraction of sp³-hybridized carbons (Fsp3) is 0.316. The van der Waals surface area contributed by atoms with Crippen LogP contribution < -0.4 is 10.0 Å². The molecule has 4 heteroatoms. The average molecular weight is 310 g/mol. The van der Waals surface area contributed by atoms with Crippen LogP contribution in [0.4, 0.5) is 0 Å². The van der Waals surface area contributed by atoms with E-state index in [1.807, 2.05) is 24.3 Å². The summed E-state index contributed by atoms with van der Waals surface area (Å²) in [5, 5.41) is 12.6. The number of carboxylic acids is 1. The lowest BCUT2D eigenvalue weighted by Crippen LogP contribution is -3.08. The molecule has 23 heavy (non-hydrogen) atoms. The van der Waals surface area contributed by atoms with Gasteiger partial charge in [-0.1, -0.05) is 31.2 Å². The van der Waals surface area contributed by atoms with Crippen molar-refractivity contribution in [2.24, 2.45) is 7.05 Å². The predicted molar refractivity (Wildman–Crippen MR) is 89.2 cm³/mol. The number of carboxylic acid groups (broad SMARTS) is 1. The third-order valence-corrected chi connectivity index (χ3v) is 4.61. The van der Waals surface area contributed by atoms with Crippen LogP contribution in [0.25, 0.3) is 10.9 Å². The van der Waals surface area contributed by atoms with Gasteiger partial charge >= 0.3 is 0 Å². The Kier molecular flexibility index (Phi) is 4.35. The Balaban J connectivity index is 1.91. The lowest BCUT2D eigenvalue weighted by molar-refractivity contribution is -0.841. The van der Waals surface area contributed by atoms with Crippen molar-refractivity contribution < 1.29 is 14.8 Å². The molecule has 0 aliphatic carbocycles. The van der Waals surface area contributed by atoms with Crippen molar-refractivity contribution in [3.8, 4) is 0 Å². The van der Waals surface area contributed by atoms with E-state index in [2.05, 4.69) is 25.3 Å². The van der Waals surface area contributed by atoms with E-state index in [9.17, 15) is 9.90 Å². The minimum Gasteiger partial charge on any atom is -0.543 e. The van der Waals surface area contributed by atoms with Crippen molar-refractivity contribution in [2.75, 3.05) is 13.1 Å². The Labute approximate surface area is 136 Å². The van der Waals surface area contributed by atoms with Gasteiger partial charge in [0.1, 0.15) is 6.54 Å². The third-order valence-electron chi connectivity index (χ3n) is 4.61. The number of rotatable bonds is 5. The summed E-state index contributed by atoms with van der Waals surface area (Å²) in [6.45, 7) is 3.98. The standard InChI is InChI=1S/C19H22N2O2/c1-3-14-7-6-11-21(13-14)12-10-16-15-8-4-5-9-17(15)20(2)18(16)19(22)23/h4-9,13H,3,10-12H2,1-2H3,(H,22,23). The molecule has 1 unspecified atom stereocenters. The minimum atomic E-state index is -1.10. The molecule has 2 heterocycles. The molecule has 0 amide bonds. The zero-order chi connectivity index (χ0) is 16.4. The molecular formula is C19H22N2O2. The highest BCUT2D eigenvalue weighted by Crippen LogP contribution is 2.25. The van der Waals surface area contributed by atoms with Crippen LogP contribution in [0.3, 0.4) is 0 Å². The molecular weight excluding hydrogens is 288 g/mol. The minimum absolute atomic E-state index is 0.304.